The molecule has 0 aliphatic heterocycles. The molecule has 0 saturated heterocycles. The molecular formula is C18H20N2O7S. The van der Waals surface area contributed by atoms with Crippen LogP contribution >= 0.6 is 0 Å². The number of aromatic hydroxyl groups is 1. The molecule has 2 rings (SSSR count). The third-order valence-corrected chi connectivity index (χ3v) is 5.47. The molecule has 150 valence electrons. The van der Waals surface area contributed by atoms with Crippen LogP contribution in [0, 0.1) is 0 Å². The second-order valence-corrected chi connectivity index (χ2v) is 7.97. The van der Waals surface area contributed by atoms with E-state index in [9.17, 15) is 23.1 Å². The molecule has 0 aliphatic rings. The van der Waals surface area contributed by atoms with E-state index in [2.05, 4.69) is 5.32 Å². The van der Waals surface area contributed by atoms with Crippen LogP contribution in [0.1, 0.15) is 10.4 Å². The van der Waals surface area contributed by atoms with Gasteiger partial charge in [0.25, 0.3) is 5.91 Å². The molecule has 0 aliphatic carbocycles. The zero-order valence-electron chi connectivity index (χ0n) is 15.5. The fourth-order valence-electron chi connectivity index (χ4n) is 2.15. The Balaban J connectivity index is 2.10. The highest BCUT2D eigenvalue weighted by molar-refractivity contribution is 7.89. The molecule has 0 spiro atoms. The third kappa shape index (κ3) is 4.99. The minimum Gasteiger partial charge on any atom is -0.508 e. The maximum absolute atomic E-state index is 12.3. The summed E-state index contributed by atoms with van der Waals surface area (Å²) in [6.45, 7) is -0.590. The lowest BCUT2D eigenvalue weighted by atomic mass is 10.2. The number of amides is 1. The molecule has 0 fully saturated rings. The molecule has 10 heteroatoms. The van der Waals surface area contributed by atoms with Gasteiger partial charge in [-0.1, -0.05) is 0 Å². The zero-order chi connectivity index (χ0) is 20.9. The molecule has 0 unspecified atom stereocenters. The van der Waals surface area contributed by atoms with Gasteiger partial charge in [-0.2, -0.15) is 0 Å². The Kier molecular flexibility index (Phi) is 6.60. The number of ether oxygens (including phenoxy) is 2. The predicted molar refractivity (Wildman–Crippen MR) is 101 cm³/mol. The summed E-state index contributed by atoms with van der Waals surface area (Å²) in [6, 6.07) is 9.37. The van der Waals surface area contributed by atoms with Crippen molar-refractivity contribution < 1.29 is 32.6 Å². The van der Waals surface area contributed by atoms with E-state index in [1.807, 2.05) is 0 Å². The fourth-order valence-corrected chi connectivity index (χ4v) is 3.08. The van der Waals surface area contributed by atoms with Crippen molar-refractivity contribution in [1.29, 1.82) is 0 Å². The van der Waals surface area contributed by atoms with Crippen LogP contribution in [0.15, 0.2) is 47.4 Å². The van der Waals surface area contributed by atoms with Crippen LogP contribution in [0.4, 0.5) is 5.69 Å². The molecule has 2 aromatic rings. The summed E-state index contributed by atoms with van der Waals surface area (Å²) in [4.78, 5) is 24.0. The van der Waals surface area contributed by atoms with Crippen LogP contribution in [0.2, 0.25) is 0 Å². The molecule has 0 radical (unpaired) electrons. The van der Waals surface area contributed by atoms with Crippen LogP contribution in [0.5, 0.6) is 11.5 Å². The van der Waals surface area contributed by atoms with Crippen LogP contribution in [0.25, 0.3) is 0 Å². The van der Waals surface area contributed by atoms with Gasteiger partial charge in [-0.15, -0.1) is 0 Å². The summed E-state index contributed by atoms with van der Waals surface area (Å²) in [5.41, 5.74) is 0.290. The maximum Gasteiger partial charge on any atom is 0.338 e. The molecule has 0 heterocycles. The number of rotatable bonds is 7. The summed E-state index contributed by atoms with van der Waals surface area (Å²) in [5, 5.41) is 11.7. The van der Waals surface area contributed by atoms with E-state index in [0.717, 1.165) is 4.31 Å². The maximum atomic E-state index is 12.3. The van der Waals surface area contributed by atoms with Crippen molar-refractivity contribution >= 4 is 27.6 Å². The number of sulfonamides is 1. The SMILES string of the molecule is COc1ccc(S(=O)(=O)N(C)C)cc1NC(=O)COC(=O)c1ccc(O)cc1. The van der Waals surface area contributed by atoms with Gasteiger partial charge in [0.05, 0.1) is 23.3 Å². The zero-order valence-corrected chi connectivity index (χ0v) is 16.3. The molecule has 1 amide bonds. The molecule has 2 aromatic carbocycles. The Morgan fingerprint density at radius 2 is 1.75 bits per heavy atom. The van der Waals surface area contributed by atoms with Crippen LogP contribution in [-0.2, 0) is 19.6 Å². The Bertz CT molecular complexity index is 970. The molecule has 2 N–H and O–H groups in total. The second kappa shape index (κ2) is 8.72. The minimum atomic E-state index is -3.70. The number of methoxy groups -OCH3 is 1. The van der Waals surface area contributed by atoms with Crippen LogP contribution < -0.4 is 10.1 Å². The lowest BCUT2D eigenvalue weighted by Gasteiger charge is -2.15. The van der Waals surface area contributed by atoms with Crippen molar-refractivity contribution in [3.8, 4) is 11.5 Å². The molecule has 0 saturated carbocycles. The van der Waals surface area contributed by atoms with E-state index in [4.69, 9.17) is 9.47 Å². The summed E-state index contributed by atoms with van der Waals surface area (Å²) in [6.07, 6.45) is 0. The van der Waals surface area contributed by atoms with Gasteiger partial charge in [-0.05, 0) is 42.5 Å². The van der Waals surface area contributed by atoms with E-state index >= 15 is 0 Å². The number of anilines is 1. The Morgan fingerprint density at radius 3 is 2.32 bits per heavy atom. The smallest absolute Gasteiger partial charge is 0.338 e. The van der Waals surface area contributed by atoms with Crippen molar-refractivity contribution in [2.45, 2.75) is 4.90 Å². The van der Waals surface area contributed by atoms with E-state index in [1.165, 1.54) is 63.7 Å². The Labute approximate surface area is 162 Å². The van der Waals surface area contributed by atoms with Gasteiger partial charge in [0.1, 0.15) is 11.5 Å². The first-order chi connectivity index (χ1) is 13.1. The number of hydrogen-bond donors (Lipinski definition) is 2. The van der Waals surface area contributed by atoms with Gasteiger partial charge in [-0.25, -0.2) is 17.5 Å². The third-order valence-electron chi connectivity index (χ3n) is 3.66. The van der Waals surface area contributed by atoms with Gasteiger partial charge in [0.15, 0.2) is 6.61 Å². The number of phenols is 1. The average Bonchev–Trinajstić information content (AvgIpc) is 2.66. The summed E-state index contributed by atoms with van der Waals surface area (Å²) < 4.78 is 35.6. The minimum absolute atomic E-state index is 0.00561. The van der Waals surface area contributed by atoms with Crippen LogP contribution in [0.3, 0.4) is 0 Å². The number of phenolic OH excluding ortho intramolecular Hbond substituents is 1. The standard InChI is InChI=1S/C18H20N2O7S/c1-20(2)28(24,25)14-8-9-16(26-3)15(10-14)19-17(22)11-27-18(23)12-4-6-13(21)7-5-12/h4-10,21H,11H2,1-3H3,(H,19,22). The first kappa shape index (κ1) is 21.2. The summed E-state index contributed by atoms with van der Waals surface area (Å²) in [5.74, 6) is -1.18. The van der Waals surface area contributed by atoms with Crippen molar-refractivity contribution in [1.82, 2.24) is 4.31 Å². The highest BCUT2D eigenvalue weighted by atomic mass is 32.2. The largest absolute Gasteiger partial charge is 0.508 e. The molecule has 9 nitrogen and oxygen atoms in total. The highest BCUT2D eigenvalue weighted by Gasteiger charge is 2.20. The van der Waals surface area contributed by atoms with Gasteiger partial charge in [-0.3, -0.25) is 4.79 Å². The molecule has 0 atom stereocenters. The topological polar surface area (TPSA) is 122 Å². The van der Waals surface area contributed by atoms with E-state index in [1.54, 1.807) is 0 Å². The van der Waals surface area contributed by atoms with Crippen LogP contribution in [-0.4, -0.2) is 57.5 Å². The molecular weight excluding hydrogens is 388 g/mol. The van der Waals surface area contributed by atoms with Crippen molar-refractivity contribution in [3.05, 3.63) is 48.0 Å². The number of nitrogens with one attached hydrogen (secondary N) is 1. The average molecular weight is 408 g/mol. The van der Waals surface area contributed by atoms with Gasteiger partial charge in [0, 0.05) is 14.1 Å². The lowest BCUT2D eigenvalue weighted by Crippen LogP contribution is -2.23. The quantitative estimate of drug-likeness (QED) is 0.665. The summed E-state index contributed by atoms with van der Waals surface area (Å²) in [7, 11) is 0.445. The Hall–Kier alpha value is -3.11. The van der Waals surface area contributed by atoms with E-state index in [-0.39, 0.29) is 27.6 Å². The highest BCUT2D eigenvalue weighted by Crippen LogP contribution is 2.28. The fraction of sp³-hybridized carbons (Fsp3) is 0.222. The predicted octanol–water partition coefficient (Wildman–Crippen LogP) is 1.45. The second-order valence-electron chi connectivity index (χ2n) is 5.82. The molecule has 28 heavy (non-hydrogen) atoms. The lowest BCUT2D eigenvalue weighted by molar-refractivity contribution is -0.119. The number of esters is 1. The summed E-state index contributed by atoms with van der Waals surface area (Å²) >= 11 is 0. The normalized spacial score (nSPS) is 11.1. The van der Waals surface area contributed by atoms with Crippen molar-refractivity contribution in [3.63, 3.8) is 0 Å². The van der Waals surface area contributed by atoms with E-state index in [0.29, 0.717) is 0 Å². The molecule has 0 bridgehead atoms. The molecule has 0 aromatic heterocycles. The van der Waals surface area contributed by atoms with Gasteiger partial charge < -0.3 is 19.9 Å². The van der Waals surface area contributed by atoms with Gasteiger partial charge in [0.2, 0.25) is 10.0 Å². The number of carbonyl (C=O) groups excluding carboxylic acids is 2. The number of carbonyl (C=O) groups is 2. The number of hydrogen-bond acceptors (Lipinski definition) is 7. The Morgan fingerprint density at radius 1 is 1.11 bits per heavy atom. The van der Waals surface area contributed by atoms with Crippen molar-refractivity contribution in [2.75, 3.05) is 33.1 Å². The van der Waals surface area contributed by atoms with E-state index < -0.39 is 28.5 Å². The van der Waals surface area contributed by atoms with Gasteiger partial charge >= 0.3 is 5.97 Å². The first-order valence-electron chi connectivity index (χ1n) is 8.01. The monoisotopic (exact) mass is 408 g/mol. The van der Waals surface area contributed by atoms with Crippen molar-refractivity contribution in [2.24, 2.45) is 0 Å². The first-order valence-corrected chi connectivity index (χ1v) is 9.45. The number of nitrogens with zero attached hydrogens (tertiary/aromatic N) is 1. The number of benzene rings is 2.